The van der Waals surface area contributed by atoms with E-state index in [0.29, 0.717) is 37.9 Å². The molecular formula is C19H24O5. The van der Waals surface area contributed by atoms with Gasteiger partial charge in [-0.05, 0) is 36.8 Å². The van der Waals surface area contributed by atoms with E-state index in [2.05, 4.69) is 0 Å². The van der Waals surface area contributed by atoms with Crippen LogP contribution in [0, 0.1) is 6.92 Å². The van der Waals surface area contributed by atoms with Crippen LogP contribution in [0.1, 0.15) is 5.56 Å². The van der Waals surface area contributed by atoms with Gasteiger partial charge >= 0.3 is 0 Å². The maximum absolute atomic E-state index is 5.67. The molecule has 0 N–H and O–H groups in total. The Labute approximate surface area is 143 Å². The summed E-state index contributed by atoms with van der Waals surface area (Å²) in [5, 5.41) is 0. The Hall–Kier alpha value is -2.40. The first-order valence-corrected chi connectivity index (χ1v) is 7.85. The summed E-state index contributed by atoms with van der Waals surface area (Å²) in [6.07, 6.45) is 0. The van der Waals surface area contributed by atoms with Crippen LogP contribution in [0.5, 0.6) is 23.0 Å². The molecule has 24 heavy (non-hydrogen) atoms. The fourth-order valence-electron chi connectivity index (χ4n) is 2.16. The van der Waals surface area contributed by atoms with Gasteiger partial charge in [-0.15, -0.1) is 0 Å². The summed E-state index contributed by atoms with van der Waals surface area (Å²) in [6.45, 7) is 3.87. The number of aryl methyl sites for hydroxylation is 1. The SMILES string of the molecule is COc1ccccc1OCCOCCOc1ccc(C)cc1OC. The predicted molar refractivity (Wildman–Crippen MR) is 92.5 cm³/mol. The van der Waals surface area contributed by atoms with Crippen LogP contribution in [0.15, 0.2) is 42.5 Å². The standard InChI is InChI=1S/C19H24O5/c1-15-8-9-18(19(14-15)21-3)24-13-11-22-10-12-23-17-7-5-4-6-16(17)20-2/h4-9,14H,10-13H2,1-3H3. The van der Waals surface area contributed by atoms with Crippen molar-refractivity contribution in [1.82, 2.24) is 0 Å². The normalized spacial score (nSPS) is 10.3. The van der Waals surface area contributed by atoms with Crippen molar-refractivity contribution < 1.29 is 23.7 Å². The van der Waals surface area contributed by atoms with Crippen LogP contribution in [0.4, 0.5) is 0 Å². The largest absolute Gasteiger partial charge is 0.493 e. The van der Waals surface area contributed by atoms with Gasteiger partial charge in [-0.2, -0.15) is 0 Å². The van der Waals surface area contributed by atoms with Crippen LogP contribution in [0.3, 0.4) is 0 Å². The number of methoxy groups -OCH3 is 2. The van der Waals surface area contributed by atoms with Crippen molar-refractivity contribution in [2.24, 2.45) is 0 Å². The molecule has 0 atom stereocenters. The van der Waals surface area contributed by atoms with Gasteiger partial charge in [0.05, 0.1) is 27.4 Å². The average molecular weight is 332 g/mol. The van der Waals surface area contributed by atoms with Gasteiger partial charge < -0.3 is 23.7 Å². The summed E-state index contributed by atoms with van der Waals surface area (Å²) >= 11 is 0. The fourth-order valence-corrected chi connectivity index (χ4v) is 2.16. The minimum Gasteiger partial charge on any atom is -0.493 e. The lowest BCUT2D eigenvalue weighted by Crippen LogP contribution is -2.12. The van der Waals surface area contributed by atoms with Gasteiger partial charge in [-0.1, -0.05) is 18.2 Å². The molecule has 0 aliphatic rings. The number of hydrogen-bond donors (Lipinski definition) is 0. The van der Waals surface area contributed by atoms with Crippen LogP contribution in [0.25, 0.3) is 0 Å². The minimum atomic E-state index is 0.452. The molecule has 2 aromatic carbocycles. The van der Waals surface area contributed by atoms with E-state index in [1.165, 1.54) is 0 Å². The molecule has 0 aromatic heterocycles. The molecule has 0 aliphatic heterocycles. The van der Waals surface area contributed by atoms with Gasteiger partial charge in [0, 0.05) is 0 Å². The van der Waals surface area contributed by atoms with Gasteiger partial charge in [-0.3, -0.25) is 0 Å². The monoisotopic (exact) mass is 332 g/mol. The van der Waals surface area contributed by atoms with Crippen molar-refractivity contribution in [2.75, 3.05) is 40.6 Å². The second kappa shape index (κ2) is 9.67. The molecule has 0 spiro atoms. The van der Waals surface area contributed by atoms with Gasteiger partial charge in [0.25, 0.3) is 0 Å². The molecule has 0 saturated heterocycles. The highest BCUT2D eigenvalue weighted by atomic mass is 16.6. The van der Waals surface area contributed by atoms with E-state index >= 15 is 0 Å². The highest BCUT2D eigenvalue weighted by Gasteiger charge is 2.04. The Morgan fingerprint density at radius 2 is 1.25 bits per heavy atom. The maximum Gasteiger partial charge on any atom is 0.161 e. The van der Waals surface area contributed by atoms with E-state index in [0.717, 1.165) is 17.1 Å². The van der Waals surface area contributed by atoms with Crippen molar-refractivity contribution >= 4 is 0 Å². The first-order valence-electron chi connectivity index (χ1n) is 7.85. The number of hydrogen-bond acceptors (Lipinski definition) is 5. The Bertz CT molecular complexity index is 627. The van der Waals surface area contributed by atoms with Crippen molar-refractivity contribution in [3.8, 4) is 23.0 Å². The Balaban J connectivity index is 1.64. The van der Waals surface area contributed by atoms with Crippen molar-refractivity contribution in [2.45, 2.75) is 6.92 Å². The average Bonchev–Trinajstić information content (AvgIpc) is 2.62. The fraction of sp³-hybridized carbons (Fsp3) is 0.368. The van der Waals surface area contributed by atoms with E-state index in [-0.39, 0.29) is 0 Å². The Morgan fingerprint density at radius 1 is 0.667 bits per heavy atom. The van der Waals surface area contributed by atoms with Gasteiger partial charge in [-0.25, -0.2) is 0 Å². The Kier molecular flexibility index (Phi) is 7.23. The first-order chi connectivity index (χ1) is 11.7. The van der Waals surface area contributed by atoms with Crippen molar-refractivity contribution in [3.05, 3.63) is 48.0 Å². The highest BCUT2D eigenvalue weighted by molar-refractivity contribution is 5.42. The van der Waals surface area contributed by atoms with Gasteiger partial charge in [0.1, 0.15) is 13.2 Å². The molecule has 5 nitrogen and oxygen atoms in total. The molecule has 0 heterocycles. The van der Waals surface area contributed by atoms with Crippen LogP contribution in [-0.2, 0) is 4.74 Å². The first kappa shape index (κ1) is 17.9. The molecule has 130 valence electrons. The molecule has 0 amide bonds. The third-order valence-corrected chi connectivity index (χ3v) is 3.36. The lowest BCUT2D eigenvalue weighted by molar-refractivity contribution is 0.0750. The minimum absolute atomic E-state index is 0.452. The van der Waals surface area contributed by atoms with Crippen LogP contribution in [-0.4, -0.2) is 40.6 Å². The summed E-state index contributed by atoms with van der Waals surface area (Å²) < 4.78 is 27.3. The van der Waals surface area contributed by atoms with E-state index < -0.39 is 0 Å². The molecule has 0 radical (unpaired) electrons. The zero-order valence-electron chi connectivity index (χ0n) is 14.4. The second-order valence-electron chi connectivity index (χ2n) is 5.11. The predicted octanol–water partition coefficient (Wildman–Crippen LogP) is 3.49. The third kappa shape index (κ3) is 5.35. The quantitative estimate of drug-likeness (QED) is 0.623. The summed E-state index contributed by atoms with van der Waals surface area (Å²) in [7, 11) is 3.25. The van der Waals surface area contributed by atoms with E-state index in [4.69, 9.17) is 23.7 Å². The molecule has 2 aromatic rings. The summed E-state index contributed by atoms with van der Waals surface area (Å²) in [5.41, 5.74) is 1.13. The summed E-state index contributed by atoms with van der Waals surface area (Å²) in [5.74, 6) is 2.88. The second-order valence-corrected chi connectivity index (χ2v) is 5.11. The van der Waals surface area contributed by atoms with Crippen molar-refractivity contribution in [3.63, 3.8) is 0 Å². The molecule has 0 unspecified atom stereocenters. The summed E-state index contributed by atoms with van der Waals surface area (Å²) in [4.78, 5) is 0. The molecule has 0 bridgehead atoms. The van der Waals surface area contributed by atoms with Crippen LogP contribution in [0.2, 0.25) is 0 Å². The van der Waals surface area contributed by atoms with Gasteiger partial charge in [0.15, 0.2) is 23.0 Å². The van der Waals surface area contributed by atoms with Crippen LogP contribution < -0.4 is 18.9 Å². The molecule has 5 heteroatoms. The van der Waals surface area contributed by atoms with E-state index in [1.54, 1.807) is 14.2 Å². The van der Waals surface area contributed by atoms with Crippen molar-refractivity contribution in [1.29, 1.82) is 0 Å². The molecule has 0 fully saturated rings. The molecule has 0 saturated carbocycles. The van der Waals surface area contributed by atoms with Gasteiger partial charge in [0.2, 0.25) is 0 Å². The van der Waals surface area contributed by atoms with E-state index in [9.17, 15) is 0 Å². The smallest absolute Gasteiger partial charge is 0.161 e. The van der Waals surface area contributed by atoms with E-state index in [1.807, 2.05) is 49.4 Å². The zero-order chi connectivity index (χ0) is 17.2. The summed E-state index contributed by atoms with van der Waals surface area (Å²) in [6, 6.07) is 13.4. The molecule has 0 aliphatic carbocycles. The number of rotatable bonds is 10. The lowest BCUT2D eigenvalue weighted by Gasteiger charge is -2.12. The number of para-hydroxylation sites is 2. The highest BCUT2D eigenvalue weighted by Crippen LogP contribution is 2.27. The zero-order valence-corrected chi connectivity index (χ0v) is 14.4. The molecular weight excluding hydrogens is 308 g/mol. The third-order valence-electron chi connectivity index (χ3n) is 3.36. The lowest BCUT2D eigenvalue weighted by atomic mass is 10.2. The van der Waals surface area contributed by atoms with Crippen LogP contribution >= 0.6 is 0 Å². The Morgan fingerprint density at radius 3 is 1.88 bits per heavy atom. The number of ether oxygens (including phenoxy) is 5. The maximum atomic E-state index is 5.67. The topological polar surface area (TPSA) is 46.2 Å². The molecule has 2 rings (SSSR count). The number of benzene rings is 2.